The molecule has 0 saturated heterocycles. The van der Waals surface area contributed by atoms with Crippen LogP contribution in [0.2, 0.25) is 10.0 Å². The topological polar surface area (TPSA) is 84.5 Å². The molecule has 0 fully saturated rings. The van der Waals surface area contributed by atoms with E-state index in [2.05, 4.69) is 15.4 Å². The molecule has 1 atom stereocenters. The molecule has 0 bridgehead atoms. The molecule has 0 saturated carbocycles. The minimum Gasteiger partial charge on any atom is -0.468 e. The lowest BCUT2D eigenvalue weighted by Crippen LogP contribution is -2.54. The van der Waals surface area contributed by atoms with Gasteiger partial charge >= 0.3 is 5.97 Å². The van der Waals surface area contributed by atoms with Crippen molar-refractivity contribution in [3.05, 3.63) is 33.8 Å². The third-order valence-corrected chi connectivity index (χ3v) is 3.79. The van der Waals surface area contributed by atoms with Crippen molar-refractivity contribution in [1.82, 2.24) is 10.6 Å². The monoisotopic (exact) mass is 388 g/mol. The maximum absolute atomic E-state index is 12.3. The van der Waals surface area contributed by atoms with Crippen molar-refractivity contribution in [2.24, 2.45) is 5.41 Å². The minimum atomic E-state index is -0.820. The van der Waals surface area contributed by atoms with Crippen molar-refractivity contribution in [1.29, 1.82) is 0 Å². The predicted molar refractivity (Wildman–Crippen MR) is 96.6 cm³/mol. The highest BCUT2D eigenvalue weighted by Crippen LogP contribution is 2.21. The number of amides is 2. The van der Waals surface area contributed by atoms with E-state index in [4.69, 9.17) is 23.2 Å². The molecule has 0 aliphatic carbocycles. The lowest BCUT2D eigenvalue weighted by molar-refractivity contribution is -0.141. The van der Waals surface area contributed by atoms with Crippen LogP contribution < -0.4 is 10.6 Å². The summed E-state index contributed by atoms with van der Waals surface area (Å²) in [5.74, 6) is -1.39. The minimum absolute atomic E-state index is 0.0249. The molecule has 0 spiro atoms. The molecule has 2 amide bonds. The van der Waals surface area contributed by atoms with Gasteiger partial charge in [-0.3, -0.25) is 14.4 Å². The second-order valence-electron chi connectivity index (χ2n) is 6.61. The summed E-state index contributed by atoms with van der Waals surface area (Å²) in [6, 6.07) is 4.02. The van der Waals surface area contributed by atoms with Crippen LogP contribution >= 0.6 is 23.2 Å². The van der Waals surface area contributed by atoms with Crippen molar-refractivity contribution in [2.45, 2.75) is 33.2 Å². The summed E-state index contributed by atoms with van der Waals surface area (Å²) >= 11 is 11.8. The van der Waals surface area contributed by atoms with E-state index in [0.717, 1.165) is 0 Å². The Morgan fingerprint density at radius 3 is 2.16 bits per heavy atom. The van der Waals surface area contributed by atoms with Gasteiger partial charge < -0.3 is 15.4 Å². The molecule has 8 heteroatoms. The fourth-order valence-corrected chi connectivity index (χ4v) is 2.69. The average molecular weight is 389 g/mol. The first-order valence-electron chi connectivity index (χ1n) is 7.61. The van der Waals surface area contributed by atoms with Crippen LogP contribution in [0, 0.1) is 5.41 Å². The Kier molecular flexibility index (Phi) is 7.70. The molecule has 0 aliphatic heterocycles. The fraction of sp³-hybridized carbons (Fsp3) is 0.471. The van der Waals surface area contributed by atoms with Gasteiger partial charge in [0, 0.05) is 10.0 Å². The summed E-state index contributed by atoms with van der Waals surface area (Å²) in [5.41, 5.74) is 0.0830. The summed E-state index contributed by atoms with van der Waals surface area (Å²) in [4.78, 5) is 35.8. The molecule has 0 aromatic heterocycles. The number of rotatable bonds is 6. The normalized spacial score (nSPS) is 12.2. The van der Waals surface area contributed by atoms with Crippen LogP contribution in [0.25, 0.3) is 0 Å². The molecule has 2 N–H and O–H groups in total. The van der Waals surface area contributed by atoms with Gasteiger partial charge in [0.2, 0.25) is 11.8 Å². The SMILES string of the molecule is COC(=O)CNC(=O)[C@@H](NC(=O)Cc1cc(Cl)cc(Cl)c1)C(C)(C)C. The Labute approximate surface area is 157 Å². The zero-order chi connectivity index (χ0) is 19.2. The molecule has 0 radical (unpaired) electrons. The lowest BCUT2D eigenvalue weighted by Gasteiger charge is -2.30. The lowest BCUT2D eigenvalue weighted by atomic mass is 9.86. The van der Waals surface area contributed by atoms with Crippen LogP contribution in [0.1, 0.15) is 26.3 Å². The second kappa shape index (κ2) is 9.06. The molecule has 138 valence electrons. The first-order chi connectivity index (χ1) is 11.5. The van der Waals surface area contributed by atoms with Crippen LogP contribution in [-0.2, 0) is 25.5 Å². The molecule has 6 nitrogen and oxygen atoms in total. The van der Waals surface area contributed by atoms with Crippen molar-refractivity contribution in [3.63, 3.8) is 0 Å². The van der Waals surface area contributed by atoms with Crippen LogP contribution in [0.15, 0.2) is 18.2 Å². The van der Waals surface area contributed by atoms with E-state index in [1.165, 1.54) is 7.11 Å². The highest BCUT2D eigenvalue weighted by Gasteiger charge is 2.32. The van der Waals surface area contributed by atoms with E-state index in [9.17, 15) is 14.4 Å². The number of ether oxygens (including phenoxy) is 1. The summed E-state index contributed by atoms with van der Waals surface area (Å²) in [5, 5.41) is 6.01. The molecular formula is C17H22Cl2N2O4. The zero-order valence-electron chi connectivity index (χ0n) is 14.6. The van der Waals surface area contributed by atoms with Crippen LogP contribution in [0.4, 0.5) is 0 Å². The zero-order valence-corrected chi connectivity index (χ0v) is 16.1. The van der Waals surface area contributed by atoms with E-state index >= 15 is 0 Å². The van der Waals surface area contributed by atoms with Gasteiger partial charge in [0.05, 0.1) is 13.5 Å². The highest BCUT2D eigenvalue weighted by atomic mass is 35.5. The number of methoxy groups -OCH3 is 1. The Morgan fingerprint density at radius 1 is 1.12 bits per heavy atom. The third kappa shape index (κ3) is 7.32. The predicted octanol–water partition coefficient (Wildman–Crippen LogP) is 2.36. The van der Waals surface area contributed by atoms with E-state index in [1.54, 1.807) is 18.2 Å². The van der Waals surface area contributed by atoms with E-state index in [0.29, 0.717) is 15.6 Å². The van der Waals surface area contributed by atoms with E-state index in [1.807, 2.05) is 20.8 Å². The number of halogens is 2. The Balaban J connectivity index is 2.79. The number of benzene rings is 1. The Bertz CT molecular complexity index is 636. The highest BCUT2D eigenvalue weighted by molar-refractivity contribution is 6.34. The summed E-state index contributed by atoms with van der Waals surface area (Å²) < 4.78 is 4.48. The van der Waals surface area contributed by atoms with Gasteiger partial charge in [-0.25, -0.2) is 0 Å². The van der Waals surface area contributed by atoms with Crippen molar-refractivity contribution in [3.8, 4) is 0 Å². The number of carbonyl (C=O) groups is 3. The number of hydrogen-bond acceptors (Lipinski definition) is 4. The first-order valence-corrected chi connectivity index (χ1v) is 8.37. The van der Waals surface area contributed by atoms with Crippen LogP contribution in [0.3, 0.4) is 0 Å². The molecule has 1 rings (SSSR count). The molecule has 1 aromatic carbocycles. The Morgan fingerprint density at radius 2 is 1.68 bits per heavy atom. The number of nitrogens with one attached hydrogen (secondary N) is 2. The number of carbonyl (C=O) groups excluding carboxylic acids is 3. The van der Waals surface area contributed by atoms with Crippen molar-refractivity contribution >= 4 is 41.0 Å². The van der Waals surface area contributed by atoms with Gasteiger partial charge in [-0.2, -0.15) is 0 Å². The third-order valence-electron chi connectivity index (χ3n) is 3.36. The molecule has 1 aromatic rings. The number of esters is 1. The first kappa shape index (κ1) is 21.3. The maximum atomic E-state index is 12.3. The maximum Gasteiger partial charge on any atom is 0.325 e. The van der Waals surface area contributed by atoms with Gasteiger partial charge in [-0.15, -0.1) is 0 Å². The summed E-state index contributed by atoms with van der Waals surface area (Å²) in [7, 11) is 1.23. The summed E-state index contributed by atoms with van der Waals surface area (Å²) in [6.45, 7) is 5.17. The molecule has 0 heterocycles. The van der Waals surface area contributed by atoms with Crippen molar-refractivity contribution in [2.75, 3.05) is 13.7 Å². The summed E-state index contributed by atoms with van der Waals surface area (Å²) in [6.07, 6.45) is 0.0249. The fourth-order valence-electron chi connectivity index (χ4n) is 2.12. The smallest absolute Gasteiger partial charge is 0.325 e. The average Bonchev–Trinajstić information content (AvgIpc) is 2.47. The second-order valence-corrected chi connectivity index (χ2v) is 7.49. The van der Waals surface area contributed by atoms with Gasteiger partial charge in [0.15, 0.2) is 0 Å². The Hall–Kier alpha value is -1.79. The standard InChI is InChI=1S/C17H22Cl2N2O4/c1-17(2,3)15(16(24)20-9-14(23)25-4)21-13(22)7-10-5-11(18)8-12(19)6-10/h5-6,8,15H,7,9H2,1-4H3,(H,20,24)(H,21,22)/t15-/m1/s1. The van der Waals surface area contributed by atoms with Gasteiger partial charge in [0.1, 0.15) is 12.6 Å². The molecular weight excluding hydrogens is 367 g/mol. The molecule has 0 unspecified atom stereocenters. The van der Waals surface area contributed by atoms with Crippen molar-refractivity contribution < 1.29 is 19.1 Å². The molecule has 0 aliphatic rings. The largest absolute Gasteiger partial charge is 0.468 e. The van der Waals surface area contributed by atoms with Crippen LogP contribution in [0.5, 0.6) is 0 Å². The quantitative estimate of drug-likeness (QED) is 0.732. The number of hydrogen-bond donors (Lipinski definition) is 2. The molecule has 25 heavy (non-hydrogen) atoms. The van der Waals surface area contributed by atoms with Gasteiger partial charge in [-0.05, 0) is 29.2 Å². The van der Waals surface area contributed by atoms with E-state index in [-0.39, 0.29) is 18.9 Å². The van der Waals surface area contributed by atoms with Crippen LogP contribution in [-0.4, -0.2) is 37.5 Å². The van der Waals surface area contributed by atoms with Gasteiger partial charge in [0.25, 0.3) is 0 Å². The van der Waals surface area contributed by atoms with E-state index < -0.39 is 23.3 Å². The van der Waals surface area contributed by atoms with Gasteiger partial charge in [-0.1, -0.05) is 44.0 Å².